The molecule has 5 aromatic rings. The Morgan fingerprint density at radius 1 is 0.974 bits per heavy atom. The Morgan fingerprint density at radius 3 is 2.56 bits per heavy atom. The van der Waals surface area contributed by atoms with Crippen molar-refractivity contribution >= 4 is 45.2 Å². The van der Waals surface area contributed by atoms with E-state index >= 15 is 0 Å². The third-order valence-corrected chi connectivity index (χ3v) is 8.04. The lowest BCUT2D eigenvalue weighted by molar-refractivity contribution is 0.189. The molecule has 6 rings (SSSR count). The SMILES string of the molecule is O=c1ccnc2sc(-c3ccnc(Nc4cccc(N5CCN(CCO)CC5)c4)n3)c(-c3ccc(Cl)cc3)n12. The quantitative estimate of drug-likeness (QED) is 0.303. The minimum absolute atomic E-state index is 0.158. The van der Waals surface area contributed by atoms with Crippen LogP contribution in [0.4, 0.5) is 17.3 Å². The summed E-state index contributed by atoms with van der Waals surface area (Å²) in [6, 6.07) is 18.9. The summed E-state index contributed by atoms with van der Waals surface area (Å²) in [4.78, 5) is 32.6. The lowest BCUT2D eigenvalue weighted by atomic mass is 10.1. The van der Waals surface area contributed by atoms with Gasteiger partial charge in [-0.05, 0) is 36.4 Å². The molecule has 3 aromatic heterocycles. The number of benzene rings is 2. The Kier molecular flexibility index (Phi) is 7.25. The van der Waals surface area contributed by atoms with E-state index in [0.29, 0.717) is 28.2 Å². The Morgan fingerprint density at radius 2 is 1.77 bits per heavy atom. The smallest absolute Gasteiger partial charge is 0.258 e. The van der Waals surface area contributed by atoms with Gasteiger partial charge >= 0.3 is 0 Å². The summed E-state index contributed by atoms with van der Waals surface area (Å²) in [7, 11) is 0. The van der Waals surface area contributed by atoms with E-state index in [1.807, 2.05) is 30.3 Å². The van der Waals surface area contributed by atoms with Gasteiger partial charge in [0.15, 0.2) is 4.96 Å². The molecule has 0 unspecified atom stereocenters. The van der Waals surface area contributed by atoms with Gasteiger partial charge in [0.05, 0.1) is 22.9 Å². The number of hydrogen-bond donors (Lipinski definition) is 2. The lowest BCUT2D eigenvalue weighted by Gasteiger charge is -2.35. The van der Waals surface area contributed by atoms with E-state index < -0.39 is 0 Å². The fourth-order valence-electron chi connectivity index (χ4n) is 4.78. The number of β-amino-alcohol motifs (C(OH)–C–C–N with tert-alkyl or cyclic N) is 1. The summed E-state index contributed by atoms with van der Waals surface area (Å²) in [5.41, 5.74) is 4.10. The maximum atomic E-state index is 12.8. The molecule has 0 radical (unpaired) electrons. The minimum Gasteiger partial charge on any atom is -0.395 e. The molecule has 0 spiro atoms. The van der Waals surface area contributed by atoms with Crippen LogP contribution in [-0.4, -0.2) is 68.7 Å². The van der Waals surface area contributed by atoms with E-state index in [1.54, 1.807) is 22.7 Å². The van der Waals surface area contributed by atoms with Crippen molar-refractivity contribution in [3.8, 4) is 21.8 Å². The number of aromatic nitrogens is 4. The van der Waals surface area contributed by atoms with E-state index in [-0.39, 0.29) is 12.2 Å². The predicted molar refractivity (Wildman–Crippen MR) is 156 cm³/mol. The highest BCUT2D eigenvalue weighted by Crippen LogP contribution is 2.38. The Balaban J connectivity index is 1.31. The topological polar surface area (TPSA) is 98.9 Å². The van der Waals surface area contributed by atoms with Crippen LogP contribution in [0.15, 0.2) is 77.9 Å². The highest BCUT2D eigenvalue weighted by atomic mass is 35.5. The second-order valence-electron chi connectivity index (χ2n) is 9.18. The first kappa shape index (κ1) is 25.4. The van der Waals surface area contributed by atoms with Gasteiger partial charge in [0.25, 0.3) is 5.56 Å². The summed E-state index contributed by atoms with van der Waals surface area (Å²) in [6.45, 7) is 4.56. The number of nitrogens with one attached hydrogen (secondary N) is 1. The maximum Gasteiger partial charge on any atom is 0.258 e. The second kappa shape index (κ2) is 11.1. The highest BCUT2D eigenvalue weighted by Gasteiger charge is 2.20. The average Bonchev–Trinajstić information content (AvgIpc) is 3.36. The maximum absolute atomic E-state index is 12.8. The molecule has 0 saturated carbocycles. The molecule has 0 aliphatic carbocycles. The van der Waals surface area contributed by atoms with Crippen LogP contribution < -0.4 is 15.8 Å². The Hall–Kier alpha value is -3.83. The molecule has 198 valence electrons. The van der Waals surface area contributed by atoms with Crippen LogP contribution in [0.1, 0.15) is 0 Å². The molecule has 1 fully saturated rings. The number of nitrogens with zero attached hydrogens (tertiary/aromatic N) is 6. The predicted octanol–water partition coefficient (Wildman–Crippen LogP) is 4.39. The van der Waals surface area contributed by atoms with Gasteiger partial charge < -0.3 is 15.3 Å². The number of piperazine rings is 1. The zero-order valence-corrected chi connectivity index (χ0v) is 22.6. The van der Waals surface area contributed by atoms with Crippen molar-refractivity contribution in [2.75, 3.05) is 49.5 Å². The van der Waals surface area contributed by atoms with E-state index in [9.17, 15) is 9.90 Å². The highest BCUT2D eigenvalue weighted by molar-refractivity contribution is 7.20. The van der Waals surface area contributed by atoms with Crippen molar-refractivity contribution in [1.82, 2.24) is 24.3 Å². The normalized spacial score (nSPS) is 14.2. The van der Waals surface area contributed by atoms with E-state index in [0.717, 1.165) is 53.7 Å². The number of halogens is 1. The monoisotopic (exact) mass is 559 g/mol. The Labute approximate surface area is 234 Å². The van der Waals surface area contributed by atoms with Gasteiger partial charge in [-0.1, -0.05) is 41.1 Å². The fourth-order valence-corrected chi connectivity index (χ4v) is 6.00. The summed E-state index contributed by atoms with van der Waals surface area (Å²) in [5, 5.41) is 13.2. The molecule has 1 saturated heterocycles. The van der Waals surface area contributed by atoms with Gasteiger partial charge in [-0.25, -0.2) is 15.0 Å². The Bertz CT molecular complexity index is 1660. The fraction of sp³-hybridized carbons (Fsp3) is 0.214. The molecule has 9 nitrogen and oxygen atoms in total. The first-order chi connectivity index (χ1) is 19.1. The standard InChI is InChI=1S/C28H26ClN7O2S/c29-20-6-4-19(5-7-20)25-26(39-28-31-11-9-24(38)36(25)28)23-8-10-30-27(33-23)32-21-2-1-3-22(18-21)35-14-12-34(13-15-35)16-17-37/h1-11,18,37H,12-17H2,(H,30,32,33). The third-order valence-electron chi connectivity index (χ3n) is 6.71. The van der Waals surface area contributed by atoms with Crippen LogP contribution in [0.25, 0.3) is 26.8 Å². The number of thiazole rings is 1. The summed E-state index contributed by atoms with van der Waals surface area (Å²) >= 11 is 7.54. The van der Waals surface area contributed by atoms with Gasteiger partial charge in [0.2, 0.25) is 5.95 Å². The molecular formula is C28H26ClN7O2S. The van der Waals surface area contributed by atoms with Crippen LogP contribution in [0.2, 0.25) is 5.02 Å². The molecule has 0 bridgehead atoms. The van der Waals surface area contributed by atoms with Crippen LogP contribution in [0, 0.1) is 0 Å². The molecule has 2 N–H and O–H groups in total. The number of hydrogen-bond acceptors (Lipinski definition) is 9. The zero-order chi connectivity index (χ0) is 26.8. The van der Waals surface area contributed by atoms with E-state index in [2.05, 4.69) is 37.2 Å². The molecule has 4 heterocycles. The van der Waals surface area contributed by atoms with Crippen molar-refractivity contribution < 1.29 is 5.11 Å². The molecule has 1 aliphatic heterocycles. The van der Waals surface area contributed by atoms with Gasteiger partial charge in [0, 0.05) is 73.1 Å². The van der Waals surface area contributed by atoms with Gasteiger partial charge in [0.1, 0.15) is 0 Å². The first-order valence-corrected chi connectivity index (χ1v) is 13.8. The molecule has 0 atom stereocenters. The largest absolute Gasteiger partial charge is 0.395 e. The third kappa shape index (κ3) is 5.37. The molecule has 11 heteroatoms. The van der Waals surface area contributed by atoms with Crippen molar-refractivity contribution in [3.05, 3.63) is 88.4 Å². The number of anilines is 3. The molecule has 1 aliphatic rings. The van der Waals surface area contributed by atoms with E-state index in [1.165, 1.54) is 23.6 Å². The zero-order valence-electron chi connectivity index (χ0n) is 21.0. The van der Waals surface area contributed by atoms with Gasteiger partial charge in [-0.3, -0.25) is 14.1 Å². The number of aliphatic hydroxyl groups is 1. The molecular weight excluding hydrogens is 534 g/mol. The molecule has 2 aromatic carbocycles. The molecule has 0 amide bonds. The van der Waals surface area contributed by atoms with Crippen LogP contribution in [-0.2, 0) is 0 Å². The van der Waals surface area contributed by atoms with Crippen molar-refractivity contribution in [1.29, 1.82) is 0 Å². The average molecular weight is 560 g/mol. The number of rotatable bonds is 7. The van der Waals surface area contributed by atoms with Crippen molar-refractivity contribution in [3.63, 3.8) is 0 Å². The minimum atomic E-state index is -0.158. The second-order valence-corrected chi connectivity index (χ2v) is 10.6. The van der Waals surface area contributed by atoms with Crippen molar-refractivity contribution in [2.45, 2.75) is 0 Å². The van der Waals surface area contributed by atoms with Crippen LogP contribution in [0.3, 0.4) is 0 Å². The number of fused-ring (bicyclic) bond motifs is 1. The van der Waals surface area contributed by atoms with Crippen LogP contribution in [0.5, 0.6) is 0 Å². The summed E-state index contributed by atoms with van der Waals surface area (Å²) < 4.78 is 1.61. The van der Waals surface area contributed by atoms with Gasteiger partial charge in [-0.2, -0.15) is 0 Å². The van der Waals surface area contributed by atoms with Gasteiger partial charge in [-0.15, -0.1) is 0 Å². The van der Waals surface area contributed by atoms with Crippen LogP contribution >= 0.6 is 22.9 Å². The number of aliphatic hydroxyl groups excluding tert-OH is 1. The van der Waals surface area contributed by atoms with E-state index in [4.69, 9.17) is 16.6 Å². The van der Waals surface area contributed by atoms with Crippen molar-refractivity contribution in [2.24, 2.45) is 0 Å². The lowest BCUT2D eigenvalue weighted by Crippen LogP contribution is -2.47. The first-order valence-electron chi connectivity index (χ1n) is 12.6. The summed E-state index contributed by atoms with van der Waals surface area (Å²) in [5.74, 6) is 0.456. The molecule has 39 heavy (non-hydrogen) atoms. The summed E-state index contributed by atoms with van der Waals surface area (Å²) in [6.07, 6.45) is 3.23.